The highest BCUT2D eigenvalue weighted by atomic mass is 16.6. The molecule has 1 amide bonds. The molecule has 0 atom stereocenters. The molecule has 1 aromatic rings. The minimum atomic E-state index is -0.283. The number of aryl methyl sites for hydroxylation is 2. The lowest BCUT2D eigenvalue weighted by Gasteiger charge is -2.26. The van der Waals surface area contributed by atoms with Crippen LogP contribution in [0.5, 0.6) is 0 Å². The molecule has 0 saturated heterocycles. The largest absolute Gasteiger partial charge is 0.445 e. The number of amides is 1. The number of aromatic nitrogens is 2. The molecule has 0 bridgehead atoms. The maximum absolute atomic E-state index is 11.7. The molecule has 0 N–H and O–H groups in total. The first-order valence-electron chi connectivity index (χ1n) is 5.67. The van der Waals surface area contributed by atoms with Gasteiger partial charge in [-0.25, -0.2) is 4.79 Å². The van der Waals surface area contributed by atoms with Crippen molar-refractivity contribution in [2.45, 2.75) is 19.9 Å². The molecule has 92 valence electrons. The third kappa shape index (κ3) is 2.18. The van der Waals surface area contributed by atoms with E-state index in [2.05, 4.69) is 11.7 Å². The number of ether oxygens (including phenoxy) is 1. The summed E-state index contributed by atoms with van der Waals surface area (Å²) in [6.07, 6.45) is 2.13. The summed E-state index contributed by atoms with van der Waals surface area (Å²) in [6.45, 7) is 7.04. The van der Waals surface area contributed by atoms with E-state index in [4.69, 9.17) is 4.74 Å². The average molecular weight is 235 g/mol. The normalized spacial score (nSPS) is 14.4. The first-order chi connectivity index (χ1) is 8.13. The van der Waals surface area contributed by atoms with E-state index in [-0.39, 0.29) is 12.7 Å². The quantitative estimate of drug-likeness (QED) is 0.728. The van der Waals surface area contributed by atoms with E-state index in [0.717, 1.165) is 17.8 Å². The standard InChI is InChI=1S/C12H17N3O2/c1-4-7-17-12(16)15-6-5-10-9(2)13-14(3)11(10)8-15/h4H,1,5-8H2,2-3H3. The summed E-state index contributed by atoms with van der Waals surface area (Å²) in [5, 5.41) is 4.37. The summed E-state index contributed by atoms with van der Waals surface area (Å²) < 4.78 is 6.88. The Morgan fingerprint density at radius 1 is 1.65 bits per heavy atom. The second-order valence-corrected chi connectivity index (χ2v) is 4.17. The van der Waals surface area contributed by atoms with Crippen molar-refractivity contribution in [3.63, 3.8) is 0 Å². The van der Waals surface area contributed by atoms with E-state index in [1.807, 2.05) is 18.7 Å². The van der Waals surface area contributed by atoms with Crippen LogP contribution in [-0.4, -0.2) is 33.9 Å². The SMILES string of the molecule is C=CCOC(=O)N1CCc2c(C)nn(C)c2C1. The van der Waals surface area contributed by atoms with E-state index in [1.165, 1.54) is 5.56 Å². The van der Waals surface area contributed by atoms with Gasteiger partial charge >= 0.3 is 6.09 Å². The maximum Gasteiger partial charge on any atom is 0.410 e. The molecule has 17 heavy (non-hydrogen) atoms. The first-order valence-corrected chi connectivity index (χ1v) is 5.67. The Balaban J connectivity index is 2.10. The highest BCUT2D eigenvalue weighted by Gasteiger charge is 2.25. The molecule has 0 aliphatic carbocycles. The average Bonchev–Trinajstić information content (AvgIpc) is 2.61. The molecule has 0 radical (unpaired) electrons. The molecule has 1 aliphatic heterocycles. The predicted octanol–water partition coefficient (Wildman–Crippen LogP) is 1.41. The van der Waals surface area contributed by atoms with Gasteiger partial charge in [0.2, 0.25) is 0 Å². The van der Waals surface area contributed by atoms with Gasteiger partial charge in [0.05, 0.1) is 17.9 Å². The van der Waals surface area contributed by atoms with Gasteiger partial charge in [-0.05, 0) is 18.9 Å². The van der Waals surface area contributed by atoms with Gasteiger partial charge in [-0.2, -0.15) is 5.10 Å². The second-order valence-electron chi connectivity index (χ2n) is 4.17. The number of carbonyl (C=O) groups is 1. The molecule has 0 aromatic carbocycles. The maximum atomic E-state index is 11.7. The highest BCUT2D eigenvalue weighted by molar-refractivity contribution is 5.68. The summed E-state index contributed by atoms with van der Waals surface area (Å²) in [5.74, 6) is 0. The van der Waals surface area contributed by atoms with Crippen LogP contribution in [0.25, 0.3) is 0 Å². The van der Waals surface area contributed by atoms with Crippen molar-refractivity contribution < 1.29 is 9.53 Å². The van der Waals surface area contributed by atoms with E-state index < -0.39 is 0 Å². The summed E-state index contributed by atoms with van der Waals surface area (Å²) in [4.78, 5) is 13.4. The third-order valence-electron chi connectivity index (χ3n) is 3.03. The topological polar surface area (TPSA) is 47.4 Å². The Kier molecular flexibility index (Phi) is 3.17. The molecule has 1 aliphatic rings. The zero-order valence-corrected chi connectivity index (χ0v) is 10.3. The molecule has 0 saturated carbocycles. The smallest absolute Gasteiger partial charge is 0.410 e. The lowest BCUT2D eigenvalue weighted by Crippen LogP contribution is -2.37. The first kappa shape index (κ1) is 11.7. The lowest BCUT2D eigenvalue weighted by atomic mass is 10.1. The molecular formula is C12H17N3O2. The predicted molar refractivity (Wildman–Crippen MR) is 63.6 cm³/mol. The molecule has 0 spiro atoms. The van der Waals surface area contributed by atoms with Crippen molar-refractivity contribution in [1.29, 1.82) is 0 Å². The van der Waals surface area contributed by atoms with Crippen molar-refractivity contribution >= 4 is 6.09 Å². The molecule has 5 heteroatoms. The zero-order valence-electron chi connectivity index (χ0n) is 10.3. The van der Waals surface area contributed by atoms with Crippen LogP contribution in [0.3, 0.4) is 0 Å². The highest BCUT2D eigenvalue weighted by Crippen LogP contribution is 2.21. The Morgan fingerprint density at radius 3 is 3.12 bits per heavy atom. The van der Waals surface area contributed by atoms with Gasteiger partial charge in [-0.3, -0.25) is 4.68 Å². The Hall–Kier alpha value is -1.78. The van der Waals surface area contributed by atoms with E-state index in [0.29, 0.717) is 13.1 Å². The van der Waals surface area contributed by atoms with Crippen LogP contribution in [0, 0.1) is 6.92 Å². The molecule has 1 aromatic heterocycles. The minimum Gasteiger partial charge on any atom is -0.445 e. The minimum absolute atomic E-state index is 0.257. The number of carbonyl (C=O) groups excluding carboxylic acids is 1. The Morgan fingerprint density at radius 2 is 2.41 bits per heavy atom. The second kappa shape index (κ2) is 4.61. The number of hydrogen-bond donors (Lipinski definition) is 0. The summed E-state index contributed by atoms with van der Waals surface area (Å²) in [5.41, 5.74) is 3.42. The van der Waals surface area contributed by atoms with E-state index >= 15 is 0 Å². The van der Waals surface area contributed by atoms with Crippen molar-refractivity contribution in [3.05, 3.63) is 29.6 Å². The molecular weight excluding hydrogens is 218 g/mol. The summed E-state index contributed by atoms with van der Waals surface area (Å²) in [7, 11) is 1.91. The molecule has 2 heterocycles. The van der Waals surface area contributed by atoms with Gasteiger partial charge in [0.15, 0.2) is 0 Å². The molecule has 5 nitrogen and oxygen atoms in total. The Bertz CT molecular complexity index is 451. The van der Waals surface area contributed by atoms with Crippen LogP contribution in [0.2, 0.25) is 0 Å². The van der Waals surface area contributed by atoms with Crippen molar-refractivity contribution in [2.24, 2.45) is 7.05 Å². The van der Waals surface area contributed by atoms with E-state index in [1.54, 1.807) is 11.0 Å². The van der Waals surface area contributed by atoms with Gasteiger partial charge in [-0.15, -0.1) is 0 Å². The van der Waals surface area contributed by atoms with Crippen LogP contribution in [0.15, 0.2) is 12.7 Å². The van der Waals surface area contributed by atoms with Crippen LogP contribution < -0.4 is 0 Å². The van der Waals surface area contributed by atoms with Gasteiger partial charge < -0.3 is 9.64 Å². The monoisotopic (exact) mass is 235 g/mol. The fraction of sp³-hybridized carbons (Fsp3) is 0.500. The number of rotatable bonds is 2. The number of fused-ring (bicyclic) bond motifs is 1. The number of hydrogen-bond acceptors (Lipinski definition) is 3. The summed E-state index contributed by atoms with van der Waals surface area (Å²) in [6, 6.07) is 0. The molecule has 0 unspecified atom stereocenters. The lowest BCUT2D eigenvalue weighted by molar-refractivity contribution is 0.106. The van der Waals surface area contributed by atoms with Crippen molar-refractivity contribution in [2.75, 3.05) is 13.2 Å². The van der Waals surface area contributed by atoms with Gasteiger partial charge in [0, 0.05) is 13.6 Å². The van der Waals surface area contributed by atoms with E-state index in [9.17, 15) is 4.79 Å². The van der Waals surface area contributed by atoms with Crippen molar-refractivity contribution in [1.82, 2.24) is 14.7 Å². The van der Waals surface area contributed by atoms with Crippen molar-refractivity contribution in [3.8, 4) is 0 Å². The number of nitrogens with zero attached hydrogens (tertiary/aromatic N) is 3. The van der Waals surface area contributed by atoms with Gasteiger partial charge in [0.1, 0.15) is 6.61 Å². The molecule has 2 rings (SSSR count). The fourth-order valence-electron chi connectivity index (χ4n) is 2.16. The van der Waals surface area contributed by atoms with Crippen LogP contribution >= 0.6 is 0 Å². The molecule has 0 fully saturated rings. The zero-order chi connectivity index (χ0) is 12.4. The van der Waals surface area contributed by atoms with Crippen LogP contribution in [0.1, 0.15) is 17.0 Å². The Labute approximate surface area is 101 Å². The van der Waals surface area contributed by atoms with Crippen LogP contribution in [0.4, 0.5) is 4.79 Å². The van der Waals surface area contributed by atoms with Gasteiger partial charge in [-0.1, -0.05) is 12.7 Å². The van der Waals surface area contributed by atoms with Gasteiger partial charge in [0.25, 0.3) is 0 Å². The fourth-order valence-corrected chi connectivity index (χ4v) is 2.16. The summed E-state index contributed by atoms with van der Waals surface area (Å²) >= 11 is 0. The van der Waals surface area contributed by atoms with Crippen LogP contribution in [-0.2, 0) is 24.8 Å². The third-order valence-corrected chi connectivity index (χ3v) is 3.03.